The summed E-state index contributed by atoms with van der Waals surface area (Å²) in [5.41, 5.74) is 1.30. The highest BCUT2D eigenvalue weighted by atomic mass is 19.1. The van der Waals surface area contributed by atoms with Gasteiger partial charge in [-0.3, -0.25) is 4.79 Å². The van der Waals surface area contributed by atoms with Gasteiger partial charge in [-0.2, -0.15) is 0 Å². The molecule has 1 saturated heterocycles. The van der Waals surface area contributed by atoms with Crippen LogP contribution in [0.15, 0.2) is 34.8 Å². The molecule has 0 spiro atoms. The highest BCUT2D eigenvalue weighted by Gasteiger charge is 2.24. The third-order valence-corrected chi connectivity index (χ3v) is 4.07. The maximum Gasteiger partial charge on any atom is 0.289 e. The van der Waals surface area contributed by atoms with Crippen molar-refractivity contribution < 1.29 is 13.6 Å². The van der Waals surface area contributed by atoms with Gasteiger partial charge in [0.2, 0.25) is 0 Å². The van der Waals surface area contributed by atoms with E-state index in [1.807, 2.05) is 37.8 Å². The van der Waals surface area contributed by atoms with Gasteiger partial charge in [0.1, 0.15) is 11.4 Å². The second kappa shape index (κ2) is 7.95. The zero-order valence-corrected chi connectivity index (χ0v) is 14.1. The Labute approximate surface area is 136 Å². The number of nitrogens with zero attached hydrogens (tertiary/aromatic N) is 1. The van der Waals surface area contributed by atoms with Crippen molar-refractivity contribution in [2.24, 2.45) is 0 Å². The Kier molecular flexibility index (Phi) is 5.97. The minimum Gasteiger partial charge on any atom is -0.451 e. The Balaban J connectivity index is 0.000000433. The molecule has 0 aliphatic carbocycles. The Morgan fingerprint density at radius 2 is 1.83 bits per heavy atom. The van der Waals surface area contributed by atoms with Crippen LogP contribution in [-0.4, -0.2) is 23.9 Å². The quantitative estimate of drug-likeness (QED) is 0.686. The van der Waals surface area contributed by atoms with E-state index in [1.165, 1.54) is 18.6 Å². The summed E-state index contributed by atoms with van der Waals surface area (Å²) >= 11 is 0. The fourth-order valence-corrected chi connectivity index (χ4v) is 2.64. The Morgan fingerprint density at radius 1 is 1.17 bits per heavy atom. The first-order chi connectivity index (χ1) is 11.1. The molecule has 0 N–H and O–H groups in total. The topological polar surface area (TPSA) is 33.5 Å². The van der Waals surface area contributed by atoms with E-state index in [9.17, 15) is 9.18 Å². The largest absolute Gasteiger partial charge is 0.451 e. The third-order valence-electron chi connectivity index (χ3n) is 4.07. The Morgan fingerprint density at radius 3 is 2.43 bits per heavy atom. The van der Waals surface area contributed by atoms with Gasteiger partial charge < -0.3 is 9.32 Å². The van der Waals surface area contributed by atoms with Crippen LogP contribution >= 0.6 is 0 Å². The molecule has 0 saturated carbocycles. The van der Waals surface area contributed by atoms with Crippen LogP contribution in [0.1, 0.15) is 49.2 Å². The van der Waals surface area contributed by atoms with Crippen LogP contribution in [0.5, 0.6) is 0 Å². The monoisotopic (exact) mass is 317 g/mol. The van der Waals surface area contributed by atoms with Crippen molar-refractivity contribution in [3.8, 4) is 0 Å². The van der Waals surface area contributed by atoms with E-state index in [-0.39, 0.29) is 11.7 Å². The number of piperidine rings is 1. The van der Waals surface area contributed by atoms with Crippen molar-refractivity contribution in [2.45, 2.75) is 40.0 Å². The van der Waals surface area contributed by atoms with Gasteiger partial charge in [-0.05, 0) is 58.2 Å². The molecule has 3 nitrogen and oxygen atoms in total. The fraction of sp³-hybridized carbons (Fsp3) is 0.421. The molecule has 4 heteroatoms. The van der Waals surface area contributed by atoms with Gasteiger partial charge in [-0.15, -0.1) is 0 Å². The van der Waals surface area contributed by atoms with E-state index in [2.05, 4.69) is 0 Å². The first kappa shape index (κ1) is 17.3. The second-order valence-corrected chi connectivity index (χ2v) is 5.72. The van der Waals surface area contributed by atoms with E-state index in [0.29, 0.717) is 16.7 Å². The minimum absolute atomic E-state index is 0.0752. The van der Waals surface area contributed by atoms with Crippen LogP contribution in [0, 0.1) is 12.7 Å². The van der Waals surface area contributed by atoms with E-state index in [0.717, 1.165) is 31.5 Å². The van der Waals surface area contributed by atoms with Gasteiger partial charge in [0.15, 0.2) is 5.76 Å². The fourth-order valence-electron chi connectivity index (χ4n) is 2.64. The first-order valence-corrected chi connectivity index (χ1v) is 8.13. The second-order valence-electron chi connectivity index (χ2n) is 5.72. The molecule has 2 aromatic rings. The number of benzene rings is 1. The van der Waals surface area contributed by atoms with Crippen molar-refractivity contribution in [3.63, 3.8) is 0 Å². The van der Waals surface area contributed by atoms with E-state index in [4.69, 9.17) is 4.42 Å². The number of allylic oxidation sites excluding steroid dienone is 2. The lowest BCUT2D eigenvalue weighted by molar-refractivity contribution is 0.0693. The number of carbonyl (C=O) groups excluding carboxylic acids is 1. The van der Waals surface area contributed by atoms with Gasteiger partial charge >= 0.3 is 0 Å². The molecule has 1 aromatic heterocycles. The number of likely N-dealkylation sites (tertiary alicyclic amines) is 1. The summed E-state index contributed by atoms with van der Waals surface area (Å²) < 4.78 is 18.9. The molecular weight excluding hydrogens is 293 g/mol. The predicted octanol–water partition coefficient (Wildman–Crippen LogP) is 5.09. The highest BCUT2D eigenvalue weighted by Crippen LogP contribution is 2.27. The molecule has 0 atom stereocenters. The number of halogens is 1. The molecule has 124 valence electrons. The molecule has 1 aliphatic rings. The highest BCUT2D eigenvalue weighted by molar-refractivity contribution is 5.98. The SMILES string of the molecule is C/C=C/C.Cc1c(C(=O)N2CCCCC2)oc2ccc(F)cc12. The molecule has 3 rings (SSSR count). The van der Waals surface area contributed by atoms with Crippen LogP contribution in [0.3, 0.4) is 0 Å². The summed E-state index contributed by atoms with van der Waals surface area (Å²) in [5.74, 6) is -0.0373. The number of hydrogen-bond donors (Lipinski definition) is 0. The van der Waals surface area contributed by atoms with Crippen molar-refractivity contribution in [1.82, 2.24) is 4.90 Å². The maximum atomic E-state index is 13.2. The standard InChI is InChI=1S/C15H16FNO2.C4H8/c1-10-12-9-11(16)5-6-13(12)19-14(10)15(18)17-7-3-2-4-8-17;1-3-4-2/h5-6,9H,2-4,7-8H2,1H3;3-4H,1-2H3/b;4-3+. The summed E-state index contributed by atoms with van der Waals surface area (Å²) in [7, 11) is 0. The smallest absolute Gasteiger partial charge is 0.289 e. The molecule has 1 amide bonds. The third kappa shape index (κ3) is 4.01. The zero-order valence-electron chi connectivity index (χ0n) is 14.1. The van der Waals surface area contributed by atoms with Crippen LogP contribution < -0.4 is 0 Å². The average Bonchev–Trinajstić information content (AvgIpc) is 2.92. The number of fused-ring (bicyclic) bond motifs is 1. The van der Waals surface area contributed by atoms with E-state index >= 15 is 0 Å². The number of amides is 1. The summed E-state index contributed by atoms with van der Waals surface area (Å²) in [6.07, 6.45) is 7.26. The molecule has 2 heterocycles. The van der Waals surface area contributed by atoms with Gasteiger partial charge in [0.05, 0.1) is 0 Å². The van der Waals surface area contributed by atoms with E-state index in [1.54, 1.807) is 6.07 Å². The molecular formula is C19H24FNO2. The number of carbonyl (C=O) groups is 1. The number of hydrogen-bond acceptors (Lipinski definition) is 2. The minimum atomic E-state index is -0.312. The lowest BCUT2D eigenvalue weighted by Gasteiger charge is -2.25. The zero-order chi connectivity index (χ0) is 16.8. The van der Waals surface area contributed by atoms with Gasteiger partial charge in [0.25, 0.3) is 5.91 Å². The number of furan rings is 1. The van der Waals surface area contributed by atoms with Crippen molar-refractivity contribution in [1.29, 1.82) is 0 Å². The predicted molar refractivity (Wildman–Crippen MR) is 91.2 cm³/mol. The maximum absolute atomic E-state index is 13.2. The summed E-state index contributed by atoms with van der Waals surface area (Å²) in [5, 5.41) is 0.681. The van der Waals surface area contributed by atoms with Crippen molar-refractivity contribution >= 4 is 16.9 Å². The number of rotatable bonds is 1. The normalized spacial score (nSPS) is 14.9. The van der Waals surface area contributed by atoms with E-state index < -0.39 is 0 Å². The summed E-state index contributed by atoms with van der Waals surface area (Å²) in [4.78, 5) is 14.2. The van der Waals surface area contributed by atoms with Crippen LogP contribution in [0.25, 0.3) is 11.0 Å². The van der Waals surface area contributed by atoms with Crippen molar-refractivity contribution in [2.75, 3.05) is 13.1 Å². The molecule has 1 aliphatic heterocycles. The Bertz CT molecular complexity index is 693. The van der Waals surface area contributed by atoms with Gasteiger partial charge in [-0.1, -0.05) is 12.2 Å². The molecule has 0 radical (unpaired) electrons. The van der Waals surface area contributed by atoms with Crippen LogP contribution in [0.4, 0.5) is 4.39 Å². The molecule has 0 unspecified atom stereocenters. The van der Waals surface area contributed by atoms with Crippen LogP contribution in [-0.2, 0) is 0 Å². The molecule has 23 heavy (non-hydrogen) atoms. The average molecular weight is 317 g/mol. The lowest BCUT2D eigenvalue weighted by atomic mass is 10.1. The summed E-state index contributed by atoms with van der Waals surface area (Å²) in [6, 6.07) is 4.34. The van der Waals surface area contributed by atoms with Crippen LogP contribution in [0.2, 0.25) is 0 Å². The molecule has 1 aromatic carbocycles. The van der Waals surface area contributed by atoms with Gasteiger partial charge in [-0.25, -0.2) is 4.39 Å². The van der Waals surface area contributed by atoms with Crippen molar-refractivity contribution in [3.05, 3.63) is 47.5 Å². The number of aryl methyl sites for hydroxylation is 1. The lowest BCUT2D eigenvalue weighted by Crippen LogP contribution is -2.35. The molecule has 0 bridgehead atoms. The molecule has 1 fully saturated rings. The summed E-state index contributed by atoms with van der Waals surface area (Å²) in [6.45, 7) is 7.37. The first-order valence-electron chi connectivity index (χ1n) is 8.13. The Hall–Kier alpha value is -2.10. The van der Waals surface area contributed by atoms with Gasteiger partial charge in [0, 0.05) is 24.0 Å².